The average Bonchev–Trinajstić information content (AvgIpc) is 3.46. The van der Waals surface area contributed by atoms with Crippen LogP contribution in [0.2, 0.25) is 0 Å². The highest BCUT2D eigenvalue weighted by atomic mass is 32.1. The SMILES string of the molecule is CCOc1ccc(C2NC(=O)N(CCOC)C(C)=C2c2nc(-c3cccs3)no2)cc1. The minimum Gasteiger partial charge on any atom is -0.494 e. The molecule has 0 fully saturated rings. The minimum atomic E-state index is -0.432. The van der Waals surface area contributed by atoms with Gasteiger partial charge in [-0.1, -0.05) is 23.4 Å². The number of carbonyl (C=O) groups excluding carboxylic acids is 1. The molecule has 1 N–H and O–H groups in total. The van der Waals surface area contributed by atoms with Crippen molar-refractivity contribution >= 4 is 22.9 Å². The molecule has 162 valence electrons. The third-order valence-electron chi connectivity index (χ3n) is 5.04. The van der Waals surface area contributed by atoms with Crippen LogP contribution in [0.1, 0.15) is 31.3 Å². The summed E-state index contributed by atoms with van der Waals surface area (Å²) >= 11 is 1.54. The molecule has 0 spiro atoms. The van der Waals surface area contributed by atoms with Crippen molar-refractivity contribution in [2.24, 2.45) is 0 Å². The van der Waals surface area contributed by atoms with Gasteiger partial charge in [0.2, 0.25) is 5.82 Å². The molecule has 31 heavy (non-hydrogen) atoms. The Bertz CT molecular complexity index is 1060. The van der Waals surface area contributed by atoms with Gasteiger partial charge in [0.15, 0.2) is 0 Å². The topological polar surface area (TPSA) is 89.7 Å². The number of nitrogens with one attached hydrogen (secondary N) is 1. The standard InChI is InChI=1S/C22H24N4O4S/c1-4-29-16-9-7-15(8-10-16)19-18(14(2)26(11-12-28-3)22(27)23-19)21-24-20(25-30-21)17-6-5-13-31-17/h5-10,13,19H,4,11-12H2,1-3H3,(H,23,27). The third-order valence-corrected chi connectivity index (χ3v) is 5.90. The Morgan fingerprint density at radius 2 is 2.06 bits per heavy atom. The van der Waals surface area contributed by atoms with Crippen LogP contribution in [0.15, 0.2) is 52.0 Å². The van der Waals surface area contributed by atoms with E-state index in [-0.39, 0.29) is 6.03 Å². The number of aromatic nitrogens is 2. The molecule has 0 saturated heterocycles. The zero-order valence-corrected chi connectivity index (χ0v) is 18.4. The highest BCUT2D eigenvalue weighted by molar-refractivity contribution is 7.13. The molecule has 0 saturated carbocycles. The van der Waals surface area contributed by atoms with Crippen LogP contribution in [-0.2, 0) is 4.74 Å². The van der Waals surface area contributed by atoms with Crippen LogP contribution < -0.4 is 10.1 Å². The molecule has 4 rings (SSSR count). The van der Waals surface area contributed by atoms with Crippen LogP contribution in [0.3, 0.4) is 0 Å². The highest BCUT2D eigenvalue weighted by Gasteiger charge is 2.35. The second kappa shape index (κ2) is 9.32. The van der Waals surface area contributed by atoms with Crippen LogP contribution in [0.5, 0.6) is 5.75 Å². The number of hydrogen-bond donors (Lipinski definition) is 1. The van der Waals surface area contributed by atoms with Crippen LogP contribution in [0.4, 0.5) is 4.79 Å². The highest BCUT2D eigenvalue weighted by Crippen LogP contribution is 2.38. The van der Waals surface area contributed by atoms with E-state index in [9.17, 15) is 4.79 Å². The summed E-state index contributed by atoms with van der Waals surface area (Å²) < 4.78 is 16.4. The normalized spacial score (nSPS) is 16.5. The van der Waals surface area contributed by atoms with Gasteiger partial charge in [-0.2, -0.15) is 4.98 Å². The van der Waals surface area contributed by atoms with Gasteiger partial charge in [0, 0.05) is 12.8 Å². The first-order valence-electron chi connectivity index (χ1n) is 10.0. The van der Waals surface area contributed by atoms with Crippen molar-refractivity contribution in [3.05, 3.63) is 58.9 Å². The first-order valence-corrected chi connectivity index (χ1v) is 10.9. The second-order valence-corrected chi connectivity index (χ2v) is 7.88. The van der Waals surface area contributed by atoms with Gasteiger partial charge in [0.1, 0.15) is 5.75 Å². The van der Waals surface area contributed by atoms with Crippen LogP contribution >= 0.6 is 11.3 Å². The number of amides is 2. The average molecular weight is 441 g/mol. The van der Waals surface area contributed by atoms with Gasteiger partial charge < -0.3 is 19.3 Å². The fraction of sp³-hybridized carbons (Fsp3) is 0.318. The van der Waals surface area contributed by atoms with Gasteiger partial charge in [-0.15, -0.1) is 11.3 Å². The number of thiophene rings is 1. The molecular formula is C22H24N4O4S. The maximum Gasteiger partial charge on any atom is 0.322 e. The van der Waals surface area contributed by atoms with Gasteiger partial charge in [0.05, 0.1) is 36.3 Å². The monoisotopic (exact) mass is 440 g/mol. The Kier molecular flexibility index (Phi) is 6.34. The van der Waals surface area contributed by atoms with Crippen molar-refractivity contribution in [2.75, 3.05) is 26.9 Å². The summed E-state index contributed by atoms with van der Waals surface area (Å²) in [5, 5.41) is 9.19. The zero-order valence-electron chi connectivity index (χ0n) is 17.6. The number of rotatable bonds is 8. The molecule has 1 atom stereocenters. The summed E-state index contributed by atoms with van der Waals surface area (Å²) in [4.78, 5) is 20.1. The summed E-state index contributed by atoms with van der Waals surface area (Å²) in [7, 11) is 1.61. The van der Waals surface area contributed by atoms with Crippen molar-refractivity contribution in [3.63, 3.8) is 0 Å². The maximum absolute atomic E-state index is 12.9. The smallest absolute Gasteiger partial charge is 0.322 e. The van der Waals surface area contributed by atoms with E-state index in [2.05, 4.69) is 15.5 Å². The van der Waals surface area contributed by atoms with E-state index in [1.165, 1.54) is 0 Å². The lowest BCUT2D eigenvalue weighted by atomic mass is 9.94. The number of methoxy groups -OCH3 is 1. The number of carbonyl (C=O) groups is 1. The Balaban J connectivity index is 1.76. The van der Waals surface area contributed by atoms with E-state index in [1.807, 2.05) is 55.6 Å². The fourth-order valence-corrected chi connectivity index (χ4v) is 4.17. The lowest BCUT2D eigenvalue weighted by Gasteiger charge is -2.35. The van der Waals surface area contributed by atoms with Gasteiger partial charge in [-0.05, 0) is 43.0 Å². The number of urea groups is 1. The van der Waals surface area contributed by atoms with Crippen molar-refractivity contribution in [1.82, 2.24) is 20.4 Å². The molecule has 1 aliphatic rings. The van der Waals surface area contributed by atoms with Crippen molar-refractivity contribution < 1.29 is 18.8 Å². The minimum absolute atomic E-state index is 0.199. The molecule has 3 heterocycles. The number of ether oxygens (including phenoxy) is 2. The molecular weight excluding hydrogens is 416 g/mol. The van der Waals surface area contributed by atoms with Gasteiger partial charge in [0.25, 0.3) is 5.89 Å². The van der Waals surface area contributed by atoms with Crippen molar-refractivity contribution in [1.29, 1.82) is 0 Å². The Hall–Kier alpha value is -3.17. The summed E-state index contributed by atoms with van der Waals surface area (Å²) in [5.74, 6) is 1.67. The first kappa shape index (κ1) is 21.1. The fourth-order valence-electron chi connectivity index (χ4n) is 3.52. The Morgan fingerprint density at radius 1 is 1.26 bits per heavy atom. The Labute approximate surface area is 184 Å². The number of nitrogens with zero attached hydrogens (tertiary/aromatic N) is 3. The number of hydrogen-bond acceptors (Lipinski definition) is 7. The van der Waals surface area contributed by atoms with Crippen LogP contribution in [-0.4, -0.2) is 47.9 Å². The summed E-state index contributed by atoms with van der Waals surface area (Å²) in [6, 6.07) is 10.9. The molecule has 0 aliphatic carbocycles. The van der Waals surface area contributed by atoms with Crippen molar-refractivity contribution in [3.8, 4) is 16.5 Å². The zero-order chi connectivity index (χ0) is 21.8. The molecule has 3 aromatic rings. The summed E-state index contributed by atoms with van der Waals surface area (Å²) in [6.07, 6.45) is 0. The lowest BCUT2D eigenvalue weighted by molar-refractivity contribution is 0.158. The molecule has 1 aliphatic heterocycles. The van der Waals surface area contributed by atoms with E-state index in [0.29, 0.717) is 31.5 Å². The van der Waals surface area contributed by atoms with E-state index >= 15 is 0 Å². The predicted octanol–water partition coefficient (Wildman–Crippen LogP) is 4.34. The molecule has 0 radical (unpaired) electrons. The quantitative estimate of drug-likeness (QED) is 0.560. The van der Waals surface area contributed by atoms with Gasteiger partial charge in [-0.25, -0.2) is 4.79 Å². The molecule has 1 unspecified atom stereocenters. The van der Waals surface area contributed by atoms with Gasteiger partial charge in [-0.3, -0.25) is 4.90 Å². The van der Waals surface area contributed by atoms with E-state index in [1.54, 1.807) is 23.3 Å². The number of allylic oxidation sites excluding steroid dienone is 1. The summed E-state index contributed by atoms with van der Waals surface area (Å²) in [5.41, 5.74) is 2.41. The number of benzene rings is 1. The molecule has 9 heteroatoms. The van der Waals surface area contributed by atoms with E-state index < -0.39 is 6.04 Å². The first-order chi connectivity index (χ1) is 15.1. The third kappa shape index (κ3) is 4.33. The second-order valence-electron chi connectivity index (χ2n) is 6.93. The largest absolute Gasteiger partial charge is 0.494 e. The molecule has 2 amide bonds. The summed E-state index contributed by atoms with van der Waals surface area (Å²) in [6.45, 7) is 5.25. The van der Waals surface area contributed by atoms with Crippen LogP contribution in [0, 0.1) is 0 Å². The van der Waals surface area contributed by atoms with Gasteiger partial charge >= 0.3 is 6.03 Å². The van der Waals surface area contributed by atoms with Crippen molar-refractivity contribution in [2.45, 2.75) is 19.9 Å². The van der Waals surface area contributed by atoms with E-state index in [0.717, 1.165) is 27.5 Å². The van der Waals surface area contributed by atoms with E-state index in [4.69, 9.17) is 14.0 Å². The molecule has 0 bridgehead atoms. The Morgan fingerprint density at radius 3 is 2.74 bits per heavy atom. The van der Waals surface area contributed by atoms with Crippen LogP contribution in [0.25, 0.3) is 16.3 Å². The predicted molar refractivity (Wildman–Crippen MR) is 118 cm³/mol. The molecule has 8 nitrogen and oxygen atoms in total. The lowest BCUT2D eigenvalue weighted by Crippen LogP contribution is -2.47. The maximum atomic E-state index is 12.9. The molecule has 1 aromatic carbocycles. The molecule has 2 aromatic heterocycles.